The maximum absolute atomic E-state index is 12.3. The van der Waals surface area contributed by atoms with Gasteiger partial charge in [-0.2, -0.15) is 0 Å². The lowest BCUT2D eigenvalue weighted by molar-refractivity contribution is 0.101. The predicted molar refractivity (Wildman–Crippen MR) is 100 cm³/mol. The number of benzene rings is 1. The molecule has 0 saturated heterocycles. The van der Waals surface area contributed by atoms with Crippen LogP contribution >= 0.6 is 0 Å². The van der Waals surface area contributed by atoms with E-state index in [9.17, 15) is 4.79 Å². The standard InChI is InChI=1S/C20H23N5O/c1-24-12-5-6-17(24)20(26)21-16-10-8-15(9-11-16)14-19-23-22-18-7-3-2-4-13-25(18)19/h5-6,8-12H,2-4,7,13-14H2,1H3,(H,21,26). The highest BCUT2D eigenvalue weighted by Gasteiger charge is 2.15. The fourth-order valence-corrected chi connectivity index (χ4v) is 3.46. The monoisotopic (exact) mass is 349 g/mol. The highest BCUT2D eigenvalue weighted by atomic mass is 16.1. The quantitative estimate of drug-likeness (QED) is 0.787. The number of anilines is 1. The highest BCUT2D eigenvalue weighted by molar-refractivity contribution is 6.03. The molecular weight excluding hydrogens is 326 g/mol. The number of carbonyl (C=O) groups excluding carboxylic acids is 1. The average molecular weight is 349 g/mol. The number of nitrogens with zero attached hydrogens (tertiary/aromatic N) is 4. The second-order valence-corrected chi connectivity index (χ2v) is 6.83. The molecule has 0 aliphatic carbocycles. The number of fused-ring (bicyclic) bond motifs is 1. The number of hydrogen-bond donors (Lipinski definition) is 1. The molecule has 2 aromatic heterocycles. The van der Waals surface area contributed by atoms with Crippen molar-refractivity contribution in [2.24, 2.45) is 7.05 Å². The lowest BCUT2D eigenvalue weighted by Gasteiger charge is -2.09. The minimum atomic E-state index is -0.104. The van der Waals surface area contributed by atoms with Crippen molar-refractivity contribution in [3.63, 3.8) is 0 Å². The molecule has 1 aliphatic heterocycles. The Morgan fingerprint density at radius 1 is 1.12 bits per heavy atom. The maximum atomic E-state index is 12.3. The number of nitrogens with one attached hydrogen (secondary N) is 1. The summed E-state index contributed by atoms with van der Waals surface area (Å²) in [6.45, 7) is 1.02. The zero-order chi connectivity index (χ0) is 17.9. The summed E-state index contributed by atoms with van der Waals surface area (Å²) in [7, 11) is 1.86. The van der Waals surface area contributed by atoms with Crippen LogP contribution < -0.4 is 5.32 Å². The van der Waals surface area contributed by atoms with E-state index in [4.69, 9.17) is 0 Å². The van der Waals surface area contributed by atoms with Crippen molar-refractivity contribution in [2.75, 3.05) is 5.32 Å². The van der Waals surface area contributed by atoms with E-state index in [1.807, 2.05) is 43.6 Å². The molecule has 6 heteroatoms. The average Bonchev–Trinajstić information content (AvgIpc) is 3.15. The smallest absolute Gasteiger partial charge is 0.272 e. The molecule has 0 bridgehead atoms. The summed E-state index contributed by atoms with van der Waals surface area (Å²) in [5, 5.41) is 11.7. The third kappa shape index (κ3) is 3.40. The third-order valence-corrected chi connectivity index (χ3v) is 4.94. The molecule has 1 aliphatic rings. The van der Waals surface area contributed by atoms with Crippen molar-refractivity contribution < 1.29 is 4.79 Å². The van der Waals surface area contributed by atoms with E-state index in [0.717, 1.165) is 36.7 Å². The van der Waals surface area contributed by atoms with Crippen LogP contribution in [0.5, 0.6) is 0 Å². The largest absolute Gasteiger partial charge is 0.347 e. The van der Waals surface area contributed by atoms with Crippen molar-refractivity contribution >= 4 is 11.6 Å². The summed E-state index contributed by atoms with van der Waals surface area (Å²) in [6, 6.07) is 11.6. The van der Waals surface area contributed by atoms with Gasteiger partial charge >= 0.3 is 0 Å². The van der Waals surface area contributed by atoms with E-state index in [-0.39, 0.29) is 5.91 Å². The first-order valence-corrected chi connectivity index (χ1v) is 9.13. The Morgan fingerprint density at radius 2 is 1.96 bits per heavy atom. The fraction of sp³-hybridized carbons (Fsp3) is 0.350. The van der Waals surface area contributed by atoms with Gasteiger partial charge in [-0.3, -0.25) is 4.79 Å². The zero-order valence-electron chi connectivity index (χ0n) is 15.0. The second-order valence-electron chi connectivity index (χ2n) is 6.83. The Balaban J connectivity index is 1.44. The molecule has 3 aromatic rings. The maximum Gasteiger partial charge on any atom is 0.272 e. The number of carbonyl (C=O) groups is 1. The second kappa shape index (κ2) is 7.15. The van der Waals surface area contributed by atoms with Crippen molar-refractivity contribution in [1.82, 2.24) is 19.3 Å². The van der Waals surface area contributed by atoms with Crippen molar-refractivity contribution in [1.29, 1.82) is 0 Å². The molecule has 1 N–H and O–H groups in total. The Bertz CT molecular complexity index is 907. The molecule has 0 atom stereocenters. The summed E-state index contributed by atoms with van der Waals surface area (Å²) >= 11 is 0. The number of hydrogen-bond acceptors (Lipinski definition) is 3. The summed E-state index contributed by atoms with van der Waals surface area (Å²) in [5.41, 5.74) is 2.60. The van der Waals surface area contributed by atoms with E-state index in [1.165, 1.54) is 24.8 Å². The van der Waals surface area contributed by atoms with Gasteiger partial charge in [-0.15, -0.1) is 10.2 Å². The SMILES string of the molecule is Cn1cccc1C(=O)Nc1ccc(Cc2nnc3n2CCCCC3)cc1. The molecular formula is C20H23N5O. The molecule has 0 fully saturated rings. The van der Waals surface area contributed by atoms with Gasteiger partial charge in [0.05, 0.1) is 0 Å². The van der Waals surface area contributed by atoms with Gasteiger partial charge in [0.1, 0.15) is 17.3 Å². The van der Waals surface area contributed by atoms with Crippen molar-refractivity contribution in [3.8, 4) is 0 Å². The fourth-order valence-electron chi connectivity index (χ4n) is 3.46. The predicted octanol–water partition coefficient (Wildman–Crippen LogP) is 3.19. The molecule has 1 amide bonds. The Labute approximate surface area is 152 Å². The van der Waals surface area contributed by atoms with Crippen LogP contribution in [0.3, 0.4) is 0 Å². The van der Waals surface area contributed by atoms with Crippen LogP contribution in [0.15, 0.2) is 42.6 Å². The molecule has 134 valence electrons. The van der Waals surface area contributed by atoms with Gasteiger partial charge in [0, 0.05) is 38.3 Å². The number of rotatable bonds is 4. The highest BCUT2D eigenvalue weighted by Crippen LogP contribution is 2.18. The number of aryl methyl sites for hydroxylation is 2. The van der Waals surface area contributed by atoms with Gasteiger partial charge in [-0.05, 0) is 42.7 Å². The number of aromatic nitrogens is 4. The summed E-state index contributed by atoms with van der Waals surface area (Å²) in [5.74, 6) is 2.04. The molecule has 1 aromatic carbocycles. The third-order valence-electron chi connectivity index (χ3n) is 4.94. The molecule has 6 nitrogen and oxygen atoms in total. The molecule has 0 unspecified atom stereocenters. The van der Waals surface area contributed by atoms with Gasteiger partial charge in [0.25, 0.3) is 5.91 Å². The summed E-state index contributed by atoms with van der Waals surface area (Å²) < 4.78 is 4.08. The van der Waals surface area contributed by atoms with Gasteiger partial charge < -0.3 is 14.5 Å². The molecule has 0 radical (unpaired) electrons. The molecule has 4 rings (SSSR count). The van der Waals surface area contributed by atoms with E-state index in [0.29, 0.717) is 5.69 Å². The van der Waals surface area contributed by atoms with E-state index >= 15 is 0 Å². The number of amides is 1. The first-order chi connectivity index (χ1) is 12.7. The Hall–Kier alpha value is -2.89. The Kier molecular flexibility index (Phi) is 4.56. The van der Waals surface area contributed by atoms with E-state index in [2.05, 4.69) is 20.1 Å². The van der Waals surface area contributed by atoms with Gasteiger partial charge in [0.2, 0.25) is 0 Å². The van der Waals surface area contributed by atoms with E-state index in [1.54, 1.807) is 10.6 Å². The summed E-state index contributed by atoms with van der Waals surface area (Å²) in [4.78, 5) is 12.3. The summed E-state index contributed by atoms with van der Waals surface area (Å²) in [6.07, 6.45) is 7.31. The van der Waals surface area contributed by atoms with Crippen LogP contribution in [0.25, 0.3) is 0 Å². The Morgan fingerprint density at radius 3 is 2.73 bits per heavy atom. The lowest BCUT2D eigenvalue weighted by atomic mass is 10.1. The van der Waals surface area contributed by atoms with Crippen LogP contribution in [-0.2, 0) is 26.4 Å². The topological polar surface area (TPSA) is 64.7 Å². The lowest BCUT2D eigenvalue weighted by Crippen LogP contribution is -2.15. The zero-order valence-corrected chi connectivity index (χ0v) is 15.0. The van der Waals surface area contributed by atoms with Gasteiger partial charge in [-0.1, -0.05) is 18.6 Å². The molecule has 0 spiro atoms. The van der Waals surface area contributed by atoms with Crippen LogP contribution in [0.2, 0.25) is 0 Å². The molecule has 3 heterocycles. The van der Waals surface area contributed by atoms with Gasteiger partial charge in [-0.25, -0.2) is 0 Å². The first-order valence-electron chi connectivity index (χ1n) is 9.13. The van der Waals surface area contributed by atoms with Crippen LogP contribution in [0.4, 0.5) is 5.69 Å². The van der Waals surface area contributed by atoms with Crippen LogP contribution in [0, 0.1) is 0 Å². The van der Waals surface area contributed by atoms with Crippen molar-refractivity contribution in [3.05, 3.63) is 65.5 Å². The van der Waals surface area contributed by atoms with Crippen molar-refractivity contribution in [2.45, 2.75) is 38.6 Å². The van der Waals surface area contributed by atoms with E-state index < -0.39 is 0 Å². The normalized spacial score (nSPS) is 13.9. The molecule has 26 heavy (non-hydrogen) atoms. The van der Waals surface area contributed by atoms with Crippen LogP contribution in [-0.4, -0.2) is 25.2 Å². The van der Waals surface area contributed by atoms with Crippen LogP contribution in [0.1, 0.15) is 47.0 Å². The minimum absolute atomic E-state index is 0.104. The molecule has 0 saturated carbocycles. The van der Waals surface area contributed by atoms with Gasteiger partial charge in [0.15, 0.2) is 0 Å². The minimum Gasteiger partial charge on any atom is -0.347 e. The first kappa shape index (κ1) is 16.6.